The van der Waals surface area contributed by atoms with Crippen LogP contribution < -0.4 is 40.9 Å². The highest BCUT2D eigenvalue weighted by Crippen LogP contribution is 2.33. The van der Waals surface area contributed by atoms with Crippen LogP contribution in [0.5, 0.6) is 0 Å². The number of aliphatic carboxylic acids is 3. The number of carbonyl (C=O) groups is 10. The fraction of sp³-hybridized carbons (Fsp3) is 0.477. The van der Waals surface area contributed by atoms with Crippen LogP contribution in [-0.2, 0) is 65.5 Å². The second-order valence-corrected chi connectivity index (χ2v) is 23.5. The molecular weight excluding hydrogens is 1160 g/mol. The van der Waals surface area contributed by atoms with Crippen molar-refractivity contribution in [3.63, 3.8) is 0 Å². The third-order valence-electron chi connectivity index (χ3n) is 15.6. The van der Waals surface area contributed by atoms with Gasteiger partial charge < -0.3 is 65.7 Å². The molecule has 13 rings (SSSR count). The normalized spacial score (nSPS) is 17.2. The number of nitrogens with zero attached hydrogens (tertiary/aromatic N) is 4. The molecule has 23 nitrogen and oxygen atoms in total. The first kappa shape index (κ1) is 68.1. The van der Waals surface area contributed by atoms with Crippen LogP contribution >= 0.6 is 11.8 Å². The van der Waals surface area contributed by atoms with Gasteiger partial charge in [-0.05, 0) is 122 Å². The largest absolute Gasteiger partial charge is 0.481 e. The van der Waals surface area contributed by atoms with Gasteiger partial charge in [-0.3, -0.25) is 43.2 Å². The minimum absolute atomic E-state index is 0.0530. The summed E-state index contributed by atoms with van der Waals surface area (Å²) in [6.07, 6.45) is 2.82. The van der Waals surface area contributed by atoms with Crippen LogP contribution in [0.2, 0.25) is 0 Å². The standard InChI is InChI=1S/C65H82N8O15S/c74-55(7-5-6-54-64-53(44-89-54)68-65(86)69-64)66-32-38-87-40-41-88-39-33-67-56(75)24-25-57(76)70-34-1-2-35-71(58(77)26-29-61(80)81)50-18-12-47(13-19-50)43-48-14-22-52(23-15-48)73(60(79)28-31-63(84)85)37-4-3-36-72(59(78)27-30-62(82)83)51-20-10-46(11-21-51)42-45-8-16-49(70)17-9-45/h8-23,53-54,64H,1-7,24-44H2,(H,66,74)(H,67,75)(H,80,81)(H,82,83)(H,84,85)(H2,68,69,86). The minimum Gasteiger partial charge on any atom is -0.481 e. The van der Waals surface area contributed by atoms with Crippen LogP contribution in [0.25, 0.3) is 0 Å². The maximum atomic E-state index is 14.1. The summed E-state index contributed by atoms with van der Waals surface area (Å²) < 4.78 is 11.2. The van der Waals surface area contributed by atoms with E-state index in [1.165, 1.54) is 0 Å². The molecule has 0 spiro atoms. The molecule has 24 heteroatoms. The molecule has 4 aromatic carbocycles. The van der Waals surface area contributed by atoms with E-state index >= 15 is 0 Å². The van der Waals surface area contributed by atoms with E-state index < -0.39 is 17.9 Å². The summed E-state index contributed by atoms with van der Waals surface area (Å²) in [5, 5.41) is 40.1. The van der Waals surface area contributed by atoms with Gasteiger partial charge in [0.25, 0.3) is 0 Å². The van der Waals surface area contributed by atoms with Crippen LogP contribution in [0.3, 0.4) is 0 Å². The third kappa shape index (κ3) is 22.6. The van der Waals surface area contributed by atoms with Crippen molar-refractivity contribution in [2.45, 2.75) is 126 Å². The van der Waals surface area contributed by atoms with E-state index in [9.17, 15) is 63.3 Å². The van der Waals surface area contributed by atoms with Crippen LogP contribution in [0.1, 0.15) is 119 Å². The molecule has 2 fully saturated rings. The molecule has 3 unspecified atom stereocenters. The topological polar surface area (TPSA) is 311 Å². The molecule has 0 saturated carbocycles. The van der Waals surface area contributed by atoms with Crippen LogP contribution in [0.15, 0.2) is 97.1 Å². The van der Waals surface area contributed by atoms with Gasteiger partial charge in [0.15, 0.2) is 0 Å². The number of carboxylic acid groups (broad SMARTS) is 3. The molecular formula is C65H82N8O15S. The first-order chi connectivity index (χ1) is 43.0. The smallest absolute Gasteiger partial charge is 0.315 e. The van der Waals surface area contributed by atoms with Crippen molar-refractivity contribution in [3.8, 4) is 0 Å². The zero-order chi connectivity index (χ0) is 63.5. The van der Waals surface area contributed by atoms with Gasteiger partial charge in [-0.2, -0.15) is 11.8 Å². The number of carbonyl (C=O) groups excluding carboxylic acids is 7. The Kier molecular flexibility index (Phi) is 27.3. The van der Waals surface area contributed by atoms with E-state index in [0.717, 1.165) is 40.8 Å². The molecule has 89 heavy (non-hydrogen) atoms. The molecule has 0 aliphatic carbocycles. The summed E-state index contributed by atoms with van der Waals surface area (Å²) in [6.45, 7) is 2.61. The Labute approximate surface area is 522 Å². The Morgan fingerprint density at radius 3 is 1.13 bits per heavy atom. The molecule has 9 aliphatic heterocycles. The number of amides is 8. The van der Waals surface area contributed by atoms with E-state index in [2.05, 4.69) is 21.3 Å². The average molecular weight is 1250 g/mol. The third-order valence-corrected chi connectivity index (χ3v) is 17.1. The highest BCUT2D eigenvalue weighted by atomic mass is 32.2. The monoisotopic (exact) mass is 1250 g/mol. The molecule has 3 atom stereocenters. The number of benzene rings is 4. The summed E-state index contributed by atoms with van der Waals surface area (Å²) in [5.74, 6) is -4.21. The summed E-state index contributed by atoms with van der Waals surface area (Å²) in [4.78, 5) is 133. The minimum atomic E-state index is -1.10. The van der Waals surface area contributed by atoms with Gasteiger partial charge in [0.1, 0.15) is 0 Å². The SMILES string of the molecule is O=C(O)CCC(=O)N1CCCCN(C(=O)CCC(=O)O)c2ccc(cc2)Cc2ccc(cc2)N(C(=O)CCC(=O)NCCOCCOCCNC(=O)CCCC2SCC3NC(=O)NC32)CCCCN(C(=O)CCC(=O)O)c2ccc(cc2)Cc2ccc1cc2. The number of rotatable bonds is 25. The molecule has 0 radical (unpaired) electrons. The van der Waals surface area contributed by atoms with Crippen molar-refractivity contribution in [2.24, 2.45) is 0 Å². The Hall–Kier alpha value is -8.35. The highest BCUT2D eigenvalue weighted by molar-refractivity contribution is 8.00. The Morgan fingerprint density at radius 2 is 0.787 bits per heavy atom. The molecule has 4 aromatic rings. The van der Waals surface area contributed by atoms with Crippen molar-refractivity contribution >= 4 is 93.9 Å². The van der Waals surface area contributed by atoms with Gasteiger partial charge in [-0.25, -0.2) is 4.79 Å². The first-order valence-corrected chi connectivity index (χ1v) is 31.6. The molecule has 478 valence electrons. The number of fused-ring (bicyclic) bond motifs is 1. The van der Waals surface area contributed by atoms with Crippen molar-refractivity contribution in [3.05, 3.63) is 119 Å². The lowest BCUT2D eigenvalue weighted by Gasteiger charge is -2.26. The van der Waals surface area contributed by atoms with Crippen LogP contribution in [0, 0.1) is 0 Å². The number of ether oxygens (including phenoxy) is 2. The van der Waals surface area contributed by atoms with Gasteiger partial charge in [0.05, 0.1) is 57.8 Å². The number of thioether (sulfide) groups is 1. The summed E-state index contributed by atoms with van der Waals surface area (Å²) in [6, 6.07) is 29.7. The number of anilines is 4. The first-order valence-electron chi connectivity index (χ1n) is 30.6. The number of hydrogen-bond donors (Lipinski definition) is 7. The summed E-state index contributed by atoms with van der Waals surface area (Å²) in [7, 11) is 0. The van der Waals surface area contributed by atoms with Crippen molar-refractivity contribution in [2.75, 3.05) is 91.0 Å². The average Bonchev–Trinajstić information content (AvgIpc) is 2.63. The van der Waals surface area contributed by atoms with E-state index in [0.29, 0.717) is 92.7 Å². The zero-order valence-corrected chi connectivity index (χ0v) is 51.0. The van der Waals surface area contributed by atoms with Crippen molar-refractivity contribution < 1.29 is 72.7 Å². The molecule has 8 bridgehead atoms. The van der Waals surface area contributed by atoms with Gasteiger partial charge in [-0.15, -0.1) is 0 Å². The molecule has 9 aliphatic rings. The maximum Gasteiger partial charge on any atom is 0.315 e. The Balaban J connectivity index is 0.964. The van der Waals surface area contributed by atoms with Gasteiger partial charge >= 0.3 is 23.9 Å². The van der Waals surface area contributed by atoms with E-state index in [-0.39, 0.29) is 151 Å². The molecule has 2 saturated heterocycles. The number of hydrogen-bond acceptors (Lipinski definition) is 13. The van der Waals surface area contributed by atoms with E-state index in [1.54, 1.807) is 56.0 Å². The number of carboxylic acids is 3. The van der Waals surface area contributed by atoms with Gasteiger partial charge in [0.2, 0.25) is 35.4 Å². The summed E-state index contributed by atoms with van der Waals surface area (Å²) >= 11 is 1.82. The second-order valence-electron chi connectivity index (χ2n) is 22.2. The number of nitrogens with one attached hydrogen (secondary N) is 4. The van der Waals surface area contributed by atoms with Crippen molar-refractivity contribution in [1.82, 2.24) is 21.3 Å². The summed E-state index contributed by atoms with van der Waals surface area (Å²) in [5.41, 5.74) is 5.95. The van der Waals surface area contributed by atoms with Gasteiger partial charge in [-0.1, -0.05) is 48.5 Å². The Morgan fingerprint density at radius 1 is 0.449 bits per heavy atom. The van der Waals surface area contributed by atoms with E-state index in [1.807, 2.05) is 72.4 Å². The van der Waals surface area contributed by atoms with E-state index in [4.69, 9.17) is 9.47 Å². The molecule has 7 N–H and O–H groups in total. The zero-order valence-electron chi connectivity index (χ0n) is 50.2. The lowest BCUT2D eigenvalue weighted by Crippen LogP contribution is -2.37. The Bertz CT molecular complexity index is 3040. The molecule has 9 heterocycles. The molecule has 8 amide bonds. The predicted octanol–water partition coefficient (Wildman–Crippen LogP) is 6.45. The second kappa shape index (κ2) is 35.6. The van der Waals surface area contributed by atoms with Gasteiger partial charge in [0, 0.05) is 112 Å². The van der Waals surface area contributed by atoms with Crippen molar-refractivity contribution in [1.29, 1.82) is 0 Å². The lowest BCUT2D eigenvalue weighted by atomic mass is 10.0. The predicted molar refractivity (Wildman–Crippen MR) is 336 cm³/mol. The fourth-order valence-corrected chi connectivity index (χ4v) is 12.4. The highest BCUT2D eigenvalue weighted by Gasteiger charge is 2.42. The fourth-order valence-electron chi connectivity index (χ4n) is 10.8. The van der Waals surface area contributed by atoms with Crippen LogP contribution in [0.4, 0.5) is 27.5 Å². The lowest BCUT2D eigenvalue weighted by molar-refractivity contribution is -0.139. The number of urea groups is 1. The quantitative estimate of drug-likeness (QED) is 0.0277. The molecule has 0 aromatic heterocycles. The van der Waals surface area contributed by atoms with Crippen LogP contribution in [-0.4, -0.2) is 163 Å². The maximum absolute atomic E-state index is 14.1.